The maximum Gasteiger partial charge on any atom is 0.224 e. The Hall–Kier alpha value is -2.32. The van der Waals surface area contributed by atoms with Crippen molar-refractivity contribution in [2.75, 3.05) is 6.54 Å². The Bertz CT molecular complexity index is 861. The van der Waals surface area contributed by atoms with E-state index in [0.717, 1.165) is 41.9 Å². The molecule has 0 atom stereocenters. The van der Waals surface area contributed by atoms with Crippen LogP contribution < -0.4 is 0 Å². The van der Waals surface area contributed by atoms with Gasteiger partial charge in [0, 0.05) is 25.6 Å². The highest BCUT2D eigenvalue weighted by molar-refractivity contribution is 5.78. The highest BCUT2D eigenvalue weighted by Crippen LogP contribution is 2.25. The van der Waals surface area contributed by atoms with Gasteiger partial charge in [-0.05, 0) is 43.4 Å². The second-order valence-corrected chi connectivity index (χ2v) is 9.55. The lowest BCUT2D eigenvalue weighted by Gasteiger charge is -2.33. The molecule has 1 heterocycles. The van der Waals surface area contributed by atoms with Crippen molar-refractivity contribution in [1.82, 2.24) is 14.5 Å². The summed E-state index contributed by atoms with van der Waals surface area (Å²) < 4.78 is 2.01. The zero-order chi connectivity index (χ0) is 24.8. The largest absolute Gasteiger partial charge is 0.392 e. The van der Waals surface area contributed by atoms with E-state index < -0.39 is 0 Å². The summed E-state index contributed by atoms with van der Waals surface area (Å²) in [5.74, 6) is 1.33. The van der Waals surface area contributed by atoms with Crippen LogP contribution in [0.1, 0.15) is 96.5 Å². The summed E-state index contributed by atoms with van der Waals surface area (Å²) in [6.45, 7) is 5.84. The number of aromatic nitrogens is 2. The summed E-state index contributed by atoms with van der Waals surface area (Å²) in [5.41, 5.74) is 2.75. The lowest BCUT2D eigenvalue weighted by molar-refractivity contribution is -0.134. The molecule has 1 amide bonds. The molecular formula is C29H45N3O2. The molecule has 0 aliphatic heterocycles. The maximum absolute atomic E-state index is 12.7. The molecule has 2 aromatic rings. The van der Waals surface area contributed by atoms with Crippen LogP contribution in [0.2, 0.25) is 0 Å². The molecule has 1 aromatic heterocycles. The topological polar surface area (TPSA) is 58.4 Å². The SMILES string of the molecule is C#C.CCC1CCCCC1.CCN(C(=O)CCn1cnc2ccc(CO)cc21)C1CCCCC1. The van der Waals surface area contributed by atoms with Gasteiger partial charge in [0.2, 0.25) is 5.91 Å². The molecule has 4 rings (SSSR count). The number of hydrogen-bond acceptors (Lipinski definition) is 3. The zero-order valence-corrected chi connectivity index (χ0v) is 21.4. The first-order valence-corrected chi connectivity index (χ1v) is 13.3. The van der Waals surface area contributed by atoms with E-state index in [1.165, 1.54) is 57.8 Å². The van der Waals surface area contributed by atoms with Crippen molar-refractivity contribution in [3.63, 3.8) is 0 Å². The van der Waals surface area contributed by atoms with Gasteiger partial charge in [0.25, 0.3) is 0 Å². The second kappa shape index (κ2) is 15.6. The fraction of sp³-hybridized carbons (Fsp3) is 0.655. The molecule has 1 aromatic carbocycles. The smallest absolute Gasteiger partial charge is 0.224 e. The first-order valence-electron chi connectivity index (χ1n) is 13.3. The average molecular weight is 468 g/mol. The number of nitrogens with zero attached hydrogens (tertiary/aromatic N) is 3. The number of aliphatic hydroxyl groups is 1. The molecule has 0 radical (unpaired) electrons. The van der Waals surface area contributed by atoms with E-state index in [4.69, 9.17) is 0 Å². The molecule has 5 heteroatoms. The fourth-order valence-corrected chi connectivity index (χ4v) is 5.36. The zero-order valence-electron chi connectivity index (χ0n) is 21.4. The molecule has 34 heavy (non-hydrogen) atoms. The summed E-state index contributed by atoms with van der Waals surface area (Å²) >= 11 is 0. The number of terminal acetylenes is 1. The van der Waals surface area contributed by atoms with Gasteiger partial charge in [-0.2, -0.15) is 0 Å². The normalized spacial score (nSPS) is 16.7. The summed E-state index contributed by atoms with van der Waals surface area (Å²) in [5, 5.41) is 9.30. The van der Waals surface area contributed by atoms with E-state index in [9.17, 15) is 9.90 Å². The van der Waals surface area contributed by atoms with Gasteiger partial charge in [-0.25, -0.2) is 4.98 Å². The molecule has 2 saturated carbocycles. The van der Waals surface area contributed by atoms with E-state index in [0.29, 0.717) is 19.0 Å². The molecule has 0 unspecified atom stereocenters. The van der Waals surface area contributed by atoms with Crippen LogP contribution in [-0.4, -0.2) is 38.1 Å². The minimum Gasteiger partial charge on any atom is -0.392 e. The van der Waals surface area contributed by atoms with E-state index >= 15 is 0 Å². The molecule has 2 aliphatic carbocycles. The van der Waals surface area contributed by atoms with Crippen LogP contribution in [0.4, 0.5) is 0 Å². The summed E-state index contributed by atoms with van der Waals surface area (Å²) in [6, 6.07) is 6.18. The van der Waals surface area contributed by atoms with Gasteiger partial charge in [-0.15, -0.1) is 12.8 Å². The number of aliphatic hydroxyl groups excluding tert-OH is 1. The van der Waals surface area contributed by atoms with Crippen LogP contribution in [0, 0.1) is 18.8 Å². The number of aryl methyl sites for hydroxylation is 1. The molecule has 2 fully saturated rings. The van der Waals surface area contributed by atoms with Gasteiger partial charge in [0.15, 0.2) is 0 Å². The Kier molecular flexibility index (Phi) is 12.8. The van der Waals surface area contributed by atoms with Crippen molar-refractivity contribution in [2.24, 2.45) is 5.92 Å². The van der Waals surface area contributed by atoms with Gasteiger partial charge in [0.05, 0.1) is 24.0 Å². The highest BCUT2D eigenvalue weighted by atomic mass is 16.3. The molecule has 0 spiro atoms. The minimum absolute atomic E-state index is 0.0192. The molecule has 0 saturated heterocycles. The van der Waals surface area contributed by atoms with Crippen LogP contribution in [0.25, 0.3) is 11.0 Å². The summed E-state index contributed by atoms with van der Waals surface area (Å²) in [6.07, 6.45) is 25.3. The van der Waals surface area contributed by atoms with Crippen LogP contribution in [0.15, 0.2) is 24.5 Å². The first-order chi connectivity index (χ1) is 16.7. The van der Waals surface area contributed by atoms with Gasteiger partial charge >= 0.3 is 0 Å². The third-order valence-electron chi connectivity index (χ3n) is 7.41. The summed E-state index contributed by atoms with van der Waals surface area (Å²) in [4.78, 5) is 19.1. The molecule has 0 bridgehead atoms. The fourth-order valence-electron chi connectivity index (χ4n) is 5.36. The Labute approximate surface area is 206 Å². The van der Waals surface area contributed by atoms with Crippen molar-refractivity contribution in [3.05, 3.63) is 30.1 Å². The number of imidazole rings is 1. The Morgan fingerprint density at radius 2 is 1.71 bits per heavy atom. The number of amides is 1. The number of benzene rings is 1. The highest BCUT2D eigenvalue weighted by Gasteiger charge is 2.23. The molecule has 2 aliphatic rings. The van der Waals surface area contributed by atoms with Gasteiger partial charge in [-0.3, -0.25) is 4.79 Å². The van der Waals surface area contributed by atoms with Crippen molar-refractivity contribution >= 4 is 16.9 Å². The van der Waals surface area contributed by atoms with Crippen molar-refractivity contribution in [2.45, 2.75) is 110 Å². The van der Waals surface area contributed by atoms with Crippen LogP contribution >= 0.6 is 0 Å². The predicted molar refractivity (Wildman–Crippen MR) is 141 cm³/mol. The number of fused-ring (bicyclic) bond motifs is 1. The van der Waals surface area contributed by atoms with E-state index in [1.807, 2.05) is 22.8 Å². The number of carbonyl (C=O) groups is 1. The quantitative estimate of drug-likeness (QED) is 0.484. The third kappa shape index (κ3) is 8.17. The van der Waals surface area contributed by atoms with Crippen molar-refractivity contribution in [1.29, 1.82) is 0 Å². The molecule has 1 N–H and O–H groups in total. The Balaban J connectivity index is 0.000000343. The monoisotopic (exact) mass is 467 g/mol. The number of rotatable bonds is 7. The van der Waals surface area contributed by atoms with Gasteiger partial charge in [0.1, 0.15) is 0 Å². The third-order valence-corrected chi connectivity index (χ3v) is 7.41. The average Bonchev–Trinajstić information content (AvgIpc) is 3.32. The standard InChI is InChI=1S/C19H27N3O2.C8H16.C2H2/c1-2-22(16-6-4-3-5-7-16)19(24)10-11-21-14-20-17-9-8-15(13-23)12-18(17)21;1-2-8-6-4-3-5-7-8;1-2/h8-9,12,14,16,23H,2-7,10-11,13H2,1H3;8H,2-7H2,1H3;1-2H. The first kappa shape index (κ1) is 27.9. The van der Waals surface area contributed by atoms with E-state index in [1.54, 1.807) is 6.33 Å². The van der Waals surface area contributed by atoms with Crippen molar-refractivity contribution < 1.29 is 9.90 Å². The number of hydrogen-bond donors (Lipinski definition) is 1. The number of carbonyl (C=O) groups excluding carboxylic acids is 1. The lowest BCUT2D eigenvalue weighted by atomic mass is 9.88. The molecule has 188 valence electrons. The lowest BCUT2D eigenvalue weighted by Crippen LogP contribution is -2.41. The van der Waals surface area contributed by atoms with Crippen LogP contribution in [0.3, 0.4) is 0 Å². The van der Waals surface area contributed by atoms with Gasteiger partial charge < -0.3 is 14.6 Å². The molecular weight excluding hydrogens is 422 g/mol. The second-order valence-electron chi connectivity index (χ2n) is 9.55. The van der Waals surface area contributed by atoms with Crippen LogP contribution in [0.5, 0.6) is 0 Å². The van der Waals surface area contributed by atoms with Gasteiger partial charge in [-0.1, -0.05) is 70.8 Å². The summed E-state index contributed by atoms with van der Waals surface area (Å²) in [7, 11) is 0. The predicted octanol–water partition coefficient (Wildman–Crippen LogP) is 6.33. The minimum atomic E-state index is 0.0192. The van der Waals surface area contributed by atoms with Crippen LogP contribution in [-0.2, 0) is 17.9 Å². The van der Waals surface area contributed by atoms with E-state index in [2.05, 4.69) is 36.6 Å². The van der Waals surface area contributed by atoms with Crippen molar-refractivity contribution in [3.8, 4) is 12.8 Å². The van der Waals surface area contributed by atoms with E-state index in [-0.39, 0.29) is 12.5 Å². The molecule has 5 nitrogen and oxygen atoms in total. The Morgan fingerprint density at radius 1 is 1.06 bits per heavy atom. The maximum atomic E-state index is 12.7. The Morgan fingerprint density at radius 3 is 2.26 bits per heavy atom.